The summed E-state index contributed by atoms with van der Waals surface area (Å²) < 4.78 is 45.8. The van der Waals surface area contributed by atoms with Gasteiger partial charge in [0, 0.05) is 49.0 Å². The number of rotatable bonds is 19. The molecular formula is C43H58N2O10+2. The normalized spacial score (nSPS) is 18.9. The summed E-state index contributed by atoms with van der Waals surface area (Å²) in [7, 11) is 10.5. The van der Waals surface area contributed by atoms with E-state index in [-0.39, 0.29) is 19.3 Å². The van der Waals surface area contributed by atoms with E-state index < -0.39 is 11.9 Å². The molecule has 3 aromatic carbocycles. The van der Waals surface area contributed by atoms with Gasteiger partial charge >= 0.3 is 11.9 Å². The number of methoxy groups -OCH3 is 5. The van der Waals surface area contributed by atoms with Crippen molar-refractivity contribution in [2.24, 2.45) is 0 Å². The van der Waals surface area contributed by atoms with Gasteiger partial charge in [0.1, 0.15) is 31.4 Å². The number of morpholine rings is 1. The van der Waals surface area contributed by atoms with E-state index in [4.69, 9.17) is 37.9 Å². The van der Waals surface area contributed by atoms with Gasteiger partial charge in [-0.1, -0.05) is 6.07 Å². The van der Waals surface area contributed by atoms with E-state index in [1.807, 2.05) is 30.3 Å². The monoisotopic (exact) mass is 762 g/mol. The highest BCUT2D eigenvalue weighted by Crippen LogP contribution is 2.40. The molecule has 298 valence electrons. The molecule has 2 aliphatic heterocycles. The summed E-state index contributed by atoms with van der Waals surface area (Å²) in [5.41, 5.74) is 4.88. The molecule has 55 heavy (non-hydrogen) atoms. The lowest BCUT2D eigenvalue weighted by Gasteiger charge is -2.46. The van der Waals surface area contributed by atoms with Crippen LogP contribution in [0.15, 0.2) is 66.7 Å². The summed E-state index contributed by atoms with van der Waals surface area (Å²) in [4.78, 5) is 25.1. The van der Waals surface area contributed by atoms with Crippen molar-refractivity contribution in [1.82, 2.24) is 0 Å². The van der Waals surface area contributed by atoms with Crippen molar-refractivity contribution >= 4 is 11.9 Å². The lowest BCUT2D eigenvalue weighted by molar-refractivity contribution is -0.947. The number of carbonyl (C=O) groups is 2. The molecular weight excluding hydrogens is 704 g/mol. The summed E-state index contributed by atoms with van der Waals surface area (Å²) in [6.07, 6.45) is 5.36. The Balaban J connectivity index is 1.09. The number of likely N-dealkylation sites (N-methyl/N-ethyl adjacent to an activating group) is 1. The fraction of sp³-hybridized carbons (Fsp3) is 0.488. The maximum Gasteiger partial charge on any atom is 0.331 e. The Labute approximate surface area is 325 Å². The van der Waals surface area contributed by atoms with Gasteiger partial charge in [-0.15, -0.1) is 0 Å². The van der Waals surface area contributed by atoms with Gasteiger partial charge in [0.2, 0.25) is 0 Å². The van der Waals surface area contributed by atoms with Gasteiger partial charge in [0.15, 0.2) is 23.0 Å². The van der Waals surface area contributed by atoms with Gasteiger partial charge in [-0.25, -0.2) is 9.59 Å². The molecule has 0 aliphatic carbocycles. The van der Waals surface area contributed by atoms with Crippen molar-refractivity contribution < 1.29 is 56.5 Å². The van der Waals surface area contributed by atoms with Gasteiger partial charge in [0.05, 0.1) is 88.7 Å². The summed E-state index contributed by atoms with van der Waals surface area (Å²) in [6.45, 7) is 6.96. The molecule has 0 aromatic heterocycles. The zero-order valence-electron chi connectivity index (χ0n) is 33.3. The molecule has 12 nitrogen and oxygen atoms in total. The molecule has 5 rings (SSSR count). The molecule has 0 amide bonds. The number of ether oxygens (including phenoxy) is 8. The smallest absolute Gasteiger partial charge is 0.331 e. The number of fused-ring (bicyclic) bond motifs is 1. The first-order chi connectivity index (χ1) is 26.6. The van der Waals surface area contributed by atoms with Crippen molar-refractivity contribution in [2.45, 2.75) is 38.3 Å². The number of hydrogen-bond acceptors (Lipinski definition) is 10. The second-order valence-electron chi connectivity index (χ2n) is 14.5. The van der Waals surface area contributed by atoms with Gasteiger partial charge in [-0.2, -0.15) is 0 Å². The van der Waals surface area contributed by atoms with Crippen LogP contribution < -0.4 is 23.7 Å². The number of benzene rings is 3. The van der Waals surface area contributed by atoms with E-state index in [9.17, 15) is 9.59 Å². The third kappa shape index (κ3) is 10.9. The van der Waals surface area contributed by atoms with E-state index in [1.165, 1.54) is 11.1 Å². The first kappa shape index (κ1) is 41.4. The largest absolute Gasteiger partial charge is 0.497 e. The van der Waals surface area contributed by atoms with Crippen LogP contribution in [0.5, 0.6) is 28.7 Å². The van der Waals surface area contributed by atoms with Gasteiger partial charge in [0.25, 0.3) is 0 Å². The SMILES string of the molecule is COc1ccc2c(c1)CC[N+](C)(CCCOC(=O)/C=C\C(=O)OCCC[N+]1(Cc3ccc(OC)c(OC)c3)CCOCC1)[C@@H]2Cc1ccc(OC)c(OC)c1. The second-order valence-corrected chi connectivity index (χ2v) is 14.5. The third-order valence-corrected chi connectivity index (χ3v) is 11.1. The Morgan fingerprint density at radius 2 is 1.27 bits per heavy atom. The van der Waals surface area contributed by atoms with Gasteiger partial charge in [-0.05, 0) is 59.7 Å². The van der Waals surface area contributed by atoms with Crippen LogP contribution in [0.4, 0.5) is 0 Å². The van der Waals surface area contributed by atoms with E-state index in [0.717, 1.165) is 90.1 Å². The molecule has 1 saturated heterocycles. The average Bonchev–Trinajstić information content (AvgIpc) is 3.21. The minimum atomic E-state index is -0.565. The molecule has 12 heteroatoms. The van der Waals surface area contributed by atoms with Gasteiger partial charge < -0.3 is 46.9 Å². The second kappa shape index (κ2) is 19.7. The molecule has 3 aromatic rings. The molecule has 2 heterocycles. The fourth-order valence-corrected chi connectivity index (χ4v) is 7.91. The van der Waals surface area contributed by atoms with E-state index in [1.54, 1.807) is 35.5 Å². The number of quaternary nitrogens is 2. The van der Waals surface area contributed by atoms with Crippen LogP contribution in [0.2, 0.25) is 0 Å². The Bertz CT molecular complexity index is 1770. The molecule has 0 radical (unpaired) electrons. The van der Waals surface area contributed by atoms with E-state index in [2.05, 4.69) is 31.3 Å². The van der Waals surface area contributed by atoms with Crippen molar-refractivity contribution in [3.8, 4) is 28.7 Å². The van der Waals surface area contributed by atoms with E-state index >= 15 is 0 Å². The number of esters is 2. The summed E-state index contributed by atoms with van der Waals surface area (Å²) in [5, 5.41) is 0. The molecule has 2 atom stereocenters. The summed E-state index contributed by atoms with van der Waals surface area (Å²) in [5.74, 6) is 2.52. The average molecular weight is 763 g/mol. The topological polar surface area (TPSA) is 108 Å². The molecule has 2 aliphatic rings. The predicted octanol–water partition coefficient (Wildman–Crippen LogP) is 5.49. The zero-order valence-corrected chi connectivity index (χ0v) is 33.3. The fourth-order valence-electron chi connectivity index (χ4n) is 7.91. The highest BCUT2D eigenvalue weighted by Gasteiger charge is 2.39. The van der Waals surface area contributed by atoms with Crippen LogP contribution >= 0.6 is 0 Å². The Hall–Kier alpha value is -4.78. The number of carbonyl (C=O) groups excluding carboxylic acids is 2. The molecule has 0 spiro atoms. The van der Waals surface area contributed by atoms with Crippen LogP contribution in [0, 0.1) is 0 Å². The minimum Gasteiger partial charge on any atom is -0.497 e. The zero-order chi connectivity index (χ0) is 39.3. The molecule has 0 bridgehead atoms. The predicted molar refractivity (Wildman–Crippen MR) is 208 cm³/mol. The van der Waals surface area contributed by atoms with Crippen molar-refractivity contribution in [1.29, 1.82) is 0 Å². The molecule has 1 unspecified atom stereocenters. The lowest BCUT2D eigenvalue weighted by atomic mass is 9.86. The summed E-state index contributed by atoms with van der Waals surface area (Å²) >= 11 is 0. The lowest BCUT2D eigenvalue weighted by Crippen LogP contribution is -2.55. The van der Waals surface area contributed by atoms with Crippen molar-refractivity contribution in [3.05, 3.63) is 89.0 Å². The quantitative estimate of drug-likeness (QED) is 0.0674. The Kier molecular flexibility index (Phi) is 14.8. The number of hydrogen-bond donors (Lipinski definition) is 0. The van der Waals surface area contributed by atoms with E-state index in [0.29, 0.717) is 49.1 Å². The highest BCUT2D eigenvalue weighted by atomic mass is 16.5. The van der Waals surface area contributed by atoms with Crippen LogP contribution in [0.3, 0.4) is 0 Å². The first-order valence-electron chi connectivity index (χ1n) is 19.0. The standard InChI is InChI=1S/C43H58N2O10/c1-44(20-17-34-30-35(48-2)11-12-36(34)37(44)27-32-9-13-38(49-3)40(28-32)51-5)18-7-23-54-42(46)15-16-43(47)55-24-8-19-45(21-25-53-26-22-45)31-33-10-14-39(50-4)41(29-33)52-6/h9-16,28-30,37H,7-8,17-27,31H2,1-6H3/q+2/b16-15-/t37-,44?/m1/s1. The van der Waals surface area contributed by atoms with Crippen LogP contribution in [0.1, 0.15) is 41.1 Å². The van der Waals surface area contributed by atoms with Crippen LogP contribution in [0.25, 0.3) is 0 Å². The highest BCUT2D eigenvalue weighted by molar-refractivity contribution is 5.91. The van der Waals surface area contributed by atoms with Gasteiger partial charge in [-0.3, -0.25) is 0 Å². The minimum absolute atomic E-state index is 0.171. The molecule has 0 saturated carbocycles. The molecule has 1 fully saturated rings. The maximum atomic E-state index is 12.6. The first-order valence-corrected chi connectivity index (χ1v) is 19.0. The van der Waals surface area contributed by atoms with Crippen LogP contribution in [-0.4, -0.2) is 123 Å². The Morgan fingerprint density at radius 3 is 1.87 bits per heavy atom. The molecule has 0 N–H and O–H groups in total. The third-order valence-electron chi connectivity index (χ3n) is 11.1. The maximum absolute atomic E-state index is 12.6. The Morgan fingerprint density at radius 1 is 0.691 bits per heavy atom. The summed E-state index contributed by atoms with van der Waals surface area (Å²) in [6, 6.07) is 18.6. The number of nitrogens with zero attached hydrogens (tertiary/aromatic N) is 2. The van der Waals surface area contributed by atoms with Crippen LogP contribution in [-0.2, 0) is 43.2 Å². The van der Waals surface area contributed by atoms with Crippen molar-refractivity contribution in [2.75, 3.05) is 102 Å². The van der Waals surface area contributed by atoms with Crippen molar-refractivity contribution in [3.63, 3.8) is 0 Å².